The maximum absolute atomic E-state index is 13.6. The second-order valence-electron chi connectivity index (χ2n) is 6.58. The summed E-state index contributed by atoms with van der Waals surface area (Å²) in [6.07, 6.45) is 0.895. The van der Waals surface area contributed by atoms with Gasteiger partial charge < -0.3 is 4.74 Å². The third kappa shape index (κ3) is 2.98. The average Bonchev–Trinajstić information content (AvgIpc) is 3.32. The number of rotatable bonds is 4. The molecule has 2 aromatic heterocycles. The topological polar surface area (TPSA) is 67.4 Å². The molecule has 0 spiro atoms. The number of hydrogen-bond acceptors (Lipinski definition) is 5. The van der Waals surface area contributed by atoms with Crippen LogP contribution in [0.3, 0.4) is 0 Å². The number of aryl methyl sites for hydroxylation is 1. The van der Waals surface area contributed by atoms with E-state index in [2.05, 4.69) is 11.1 Å². The Morgan fingerprint density at radius 1 is 1.37 bits per heavy atom. The first-order chi connectivity index (χ1) is 12.9. The molecule has 0 radical (unpaired) electrons. The molecule has 2 unspecified atom stereocenters. The predicted octanol–water partition coefficient (Wildman–Crippen LogP) is 3.57. The van der Waals surface area contributed by atoms with E-state index in [0.29, 0.717) is 16.2 Å². The van der Waals surface area contributed by atoms with Gasteiger partial charge in [0, 0.05) is 40.6 Å². The molecule has 138 valence electrons. The molecule has 0 amide bonds. The van der Waals surface area contributed by atoms with E-state index < -0.39 is 11.6 Å². The quantitative estimate of drug-likeness (QED) is 0.686. The summed E-state index contributed by atoms with van der Waals surface area (Å²) in [4.78, 5) is 18.7. The smallest absolute Gasteiger partial charge is 0.258 e. The SMILES string of the molecule is COc1cc(F)c(F)cc1Cc1cc(=O)n2c(C3CC3C#N)c(C)sc2n1. The van der Waals surface area contributed by atoms with Crippen LogP contribution in [-0.2, 0) is 6.42 Å². The highest BCUT2D eigenvalue weighted by atomic mass is 32.1. The van der Waals surface area contributed by atoms with Crippen molar-refractivity contribution in [1.82, 2.24) is 9.38 Å². The molecule has 0 bridgehead atoms. The first-order valence-corrected chi connectivity index (χ1v) is 9.18. The monoisotopic (exact) mass is 387 g/mol. The Bertz CT molecular complexity index is 1160. The fraction of sp³-hybridized carbons (Fsp3) is 0.316. The lowest BCUT2D eigenvalue weighted by Gasteiger charge is -2.09. The molecule has 4 rings (SSSR count). The Morgan fingerprint density at radius 3 is 2.78 bits per heavy atom. The highest BCUT2D eigenvalue weighted by Crippen LogP contribution is 2.49. The van der Waals surface area contributed by atoms with Crippen LogP contribution in [0.15, 0.2) is 23.0 Å². The van der Waals surface area contributed by atoms with Crippen LogP contribution in [-0.4, -0.2) is 16.5 Å². The van der Waals surface area contributed by atoms with Crippen LogP contribution in [0.1, 0.15) is 34.2 Å². The maximum atomic E-state index is 13.6. The Hall–Kier alpha value is -2.79. The molecule has 2 atom stereocenters. The lowest BCUT2D eigenvalue weighted by atomic mass is 10.1. The van der Waals surface area contributed by atoms with Crippen LogP contribution in [0, 0.1) is 35.8 Å². The van der Waals surface area contributed by atoms with Gasteiger partial charge in [0.05, 0.1) is 24.8 Å². The van der Waals surface area contributed by atoms with Crippen molar-refractivity contribution in [2.45, 2.75) is 25.7 Å². The van der Waals surface area contributed by atoms with Gasteiger partial charge in [-0.05, 0) is 19.4 Å². The number of hydrogen-bond donors (Lipinski definition) is 0. The zero-order valence-corrected chi connectivity index (χ0v) is 15.4. The van der Waals surface area contributed by atoms with E-state index in [4.69, 9.17) is 10.00 Å². The minimum atomic E-state index is -0.992. The Morgan fingerprint density at radius 2 is 2.11 bits per heavy atom. The molecule has 27 heavy (non-hydrogen) atoms. The molecule has 1 saturated carbocycles. The normalized spacial score (nSPS) is 18.5. The minimum absolute atomic E-state index is 0.0560. The van der Waals surface area contributed by atoms with Crippen molar-refractivity contribution in [2.75, 3.05) is 7.11 Å². The van der Waals surface area contributed by atoms with Gasteiger partial charge in [-0.3, -0.25) is 9.20 Å². The number of halogens is 2. The van der Waals surface area contributed by atoms with Gasteiger partial charge in [-0.1, -0.05) is 0 Å². The van der Waals surface area contributed by atoms with E-state index in [1.807, 2.05) is 6.92 Å². The van der Waals surface area contributed by atoms with Crippen molar-refractivity contribution >= 4 is 16.3 Å². The summed E-state index contributed by atoms with van der Waals surface area (Å²) in [5.74, 6) is -1.75. The summed E-state index contributed by atoms with van der Waals surface area (Å²) in [5, 5.41) is 9.09. The molecule has 3 aromatic rings. The number of benzene rings is 1. The number of ether oxygens (including phenoxy) is 1. The molecule has 1 aliphatic rings. The van der Waals surface area contributed by atoms with Crippen molar-refractivity contribution in [3.63, 3.8) is 0 Å². The van der Waals surface area contributed by atoms with Crippen LogP contribution in [0.5, 0.6) is 5.75 Å². The van der Waals surface area contributed by atoms with Crippen molar-refractivity contribution in [2.24, 2.45) is 5.92 Å². The number of methoxy groups -OCH3 is 1. The second kappa shape index (κ2) is 6.43. The van der Waals surface area contributed by atoms with E-state index in [0.717, 1.165) is 29.1 Å². The lowest BCUT2D eigenvalue weighted by Crippen LogP contribution is -2.17. The van der Waals surface area contributed by atoms with Crippen molar-refractivity contribution in [3.8, 4) is 11.8 Å². The average molecular weight is 387 g/mol. The number of aromatic nitrogens is 2. The summed E-state index contributed by atoms with van der Waals surface area (Å²) in [6, 6.07) is 5.68. The summed E-state index contributed by atoms with van der Waals surface area (Å²) in [6.45, 7) is 1.92. The van der Waals surface area contributed by atoms with Gasteiger partial charge in [-0.2, -0.15) is 5.26 Å². The molecule has 0 aliphatic heterocycles. The molecule has 5 nitrogen and oxygen atoms in total. The van der Waals surface area contributed by atoms with Gasteiger partial charge in [-0.15, -0.1) is 11.3 Å². The van der Waals surface area contributed by atoms with Crippen molar-refractivity contribution < 1.29 is 13.5 Å². The molecule has 8 heteroatoms. The summed E-state index contributed by atoms with van der Waals surface area (Å²) < 4.78 is 33.7. The van der Waals surface area contributed by atoms with Crippen molar-refractivity contribution in [3.05, 3.63) is 62.0 Å². The lowest BCUT2D eigenvalue weighted by molar-refractivity contribution is 0.401. The van der Waals surface area contributed by atoms with E-state index >= 15 is 0 Å². The maximum Gasteiger partial charge on any atom is 0.258 e. The highest BCUT2D eigenvalue weighted by molar-refractivity contribution is 7.17. The van der Waals surface area contributed by atoms with Crippen LogP contribution in [0.4, 0.5) is 8.78 Å². The Kier molecular flexibility index (Phi) is 4.19. The number of nitriles is 1. The van der Waals surface area contributed by atoms with Gasteiger partial charge in [0.15, 0.2) is 16.6 Å². The first-order valence-electron chi connectivity index (χ1n) is 8.36. The molecule has 2 heterocycles. The van der Waals surface area contributed by atoms with Gasteiger partial charge in [0.25, 0.3) is 5.56 Å². The first kappa shape index (κ1) is 17.6. The van der Waals surface area contributed by atoms with E-state index in [1.165, 1.54) is 24.5 Å². The summed E-state index contributed by atoms with van der Waals surface area (Å²) in [7, 11) is 1.37. The molecule has 0 N–H and O–H groups in total. The molecular formula is C19H15F2N3O2S. The minimum Gasteiger partial charge on any atom is -0.496 e. The standard InChI is InChI=1S/C19H15F2N3O2S/c1-9-18(13-4-11(13)8-22)24-17(25)6-12(23-19(24)27-9)3-10-5-14(20)15(21)7-16(10)26-2/h5-7,11,13H,3-4H2,1-2H3. The zero-order chi connectivity index (χ0) is 19.3. The third-order valence-electron chi connectivity index (χ3n) is 4.79. The van der Waals surface area contributed by atoms with Crippen molar-refractivity contribution in [1.29, 1.82) is 5.26 Å². The third-order valence-corrected chi connectivity index (χ3v) is 5.76. The van der Waals surface area contributed by atoms with Gasteiger partial charge in [-0.25, -0.2) is 13.8 Å². The second-order valence-corrected chi connectivity index (χ2v) is 7.76. The fourth-order valence-corrected chi connectivity index (χ4v) is 4.46. The van der Waals surface area contributed by atoms with Gasteiger partial charge in [0.1, 0.15) is 5.75 Å². The van der Waals surface area contributed by atoms with E-state index in [-0.39, 0.29) is 29.6 Å². The molecule has 1 fully saturated rings. The largest absolute Gasteiger partial charge is 0.496 e. The van der Waals surface area contributed by atoms with Gasteiger partial charge >= 0.3 is 0 Å². The number of nitrogens with zero attached hydrogens (tertiary/aromatic N) is 3. The predicted molar refractivity (Wildman–Crippen MR) is 96.3 cm³/mol. The molecule has 1 aromatic carbocycles. The van der Waals surface area contributed by atoms with Crippen LogP contribution in [0.25, 0.3) is 4.96 Å². The van der Waals surface area contributed by atoms with Crippen LogP contribution < -0.4 is 10.3 Å². The Labute approximate surface area is 157 Å². The molecule has 1 aliphatic carbocycles. The fourth-order valence-electron chi connectivity index (χ4n) is 3.39. The summed E-state index contributed by atoms with van der Waals surface area (Å²) in [5.41, 5.74) is 1.48. The summed E-state index contributed by atoms with van der Waals surface area (Å²) >= 11 is 1.39. The molecule has 0 saturated heterocycles. The van der Waals surface area contributed by atoms with Gasteiger partial charge in [0.2, 0.25) is 0 Å². The van der Waals surface area contributed by atoms with E-state index in [1.54, 1.807) is 4.40 Å². The van der Waals surface area contributed by atoms with E-state index in [9.17, 15) is 13.6 Å². The number of thiazole rings is 1. The highest BCUT2D eigenvalue weighted by Gasteiger charge is 2.42. The zero-order valence-electron chi connectivity index (χ0n) is 14.6. The van der Waals surface area contributed by atoms with Crippen LogP contribution >= 0.6 is 11.3 Å². The number of fused-ring (bicyclic) bond motifs is 1. The molecular weight excluding hydrogens is 372 g/mol. The van der Waals surface area contributed by atoms with Crippen LogP contribution in [0.2, 0.25) is 0 Å². The Balaban J connectivity index is 1.77.